The van der Waals surface area contributed by atoms with Gasteiger partial charge in [0.25, 0.3) is 0 Å². The quantitative estimate of drug-likeness (QED) is 0.608. The molecule has 6 nitrogen and oxygen atoms in total. The average Bonchev–Trinajstić information content (AvgIpc) is 2.46. The fraction of sp³-hybridized carbons (Fsp3) is 0.286. The summed E-state index contributed by atoms with van der Waals surface area (Å²) in [5.41, 5.74) is -0.0549. The standard InChI is InChI=1S/C14H16N2O4/c1-3-19-13(17)11(15)9-6-5-7-10(8-9)12(16)14(18)20-4-2/h5-8,15-16H,3-4H2,1-2H3. The molecule has 0 amide bonds. The van der Waals surface area contributed by atoms with Crippen molar-refractivity contribution >= 4 is 23.4 Å². The summed E-state index contributed by atoms with van der Waals surface area (Å²) in [6.07, 6.45) is 0. The van der Waals surface area contributed by atoms with Gasteiger partial charge in [0.05, 0.1) is 13.2 Å². The predicted octanol–water partition coefficient (Wildman–Crippen LogP) is 1.55. The van der Waals surface area contributed by atoms with Crippen molar-refractivity contribution in [2.24, 2.45) is 0 Å². The number of nitrogens with one attached hydrogen (secondary N) is 2. The zero-order valence-corrected chi connectivity index (χ0v) is 11.4. The largest absolute Gasteiger partial charge is 0.461 e. The highest BCUT2D eigenvalue weighted by molar-refractivity contribution is 6.44. The van der Waals surface area contributed by atoms with Gasteiger partial charge >= 0.3 is 11.9 Å². The first-order chi connectivity index (χ1) is 9.51. The van der Waals surface area contributed by atoms with Gasteiger partial charge in [0.1, 0.15) is 11.4 Å². The molecular formula is C14H16N2O4. The van der Waals surface area contributed by atoms with E-state index in [4.69, 9.17) is 20.3 Å². The number of hydrogen-bond acceptors (Lipinski definition) is 6. The fourth-order valence-electron chi connectivity index (χ4n) is 1.47. The van der Waals surface area contributed by atoms with Crippen molar-refractivity contribution in [3.8, 4) is 0 Å². The maximum atomic E-state index is 11.5. The van der Waals surface area contributed by atoms with Gasteiger partial charge in [-0.15, -0.1) is 0 Å². The van der Waals surface area contributed by atoms with Gasteiger partial charge in [-0.1, -0.05) is 18.2 Å². The molecular weight excluding hydrogens is 260 g/mol. The monoisotopic (exact) mass is 276 g/mol. The van der Waals surface area contributed by atoms with Crippen molar-refractivity contribution in [1.29, 1.82) is 10.8 Å². The number of ether oxygens (including phenoxy) is 2. The molecule has 0 fully saturated rings. The van der Waals surface area contributed by atoms with Gasteiger partial charge in [-0.25, -0.2) is 9.59 Å². The van der Waals surface area contributed by atoms with Gasteiger partial charge in [0.2, 0.25) is 0 Å². The van der Waals surface area contributed by atoms with Crippen molar-refractivity contribution in [1.82, 2.24) is 0 Å². The van der Waals surface area contributed by atoms with Crippen LogP contribution in [0.2, 0.25) is 0 Å². The number of hydrogen-bond donors (Lipinski definition) is 2. The lowest BCUT2D eigenvalue weighted by molar-refractivity contribution is -0.135. The summed E-state index contributed by atoms with van der Waals surface area (Å²) in [5, 5.41) is 15.4. The molecule has 6 heteroatoms. The SMILES string of the molecule is CCOC(=O)C(=N)c1cccc(C(=N)C(=O)OCC)c1. The Hall–Kier alpha value is -2.50. The van der Waals surface area contributed by atoms with E-state index >= 15 is 0 Å². The molecule has 106 valence electrons. The van der Waals surface area contributed by atoms with Crippen LogP contribution in [0.1, 0.15) is 25.0 Å². The molecule has 0 unspecified atom stereocenters. The van der Waals surface area contributed by atoms with Crippen LogP contribution < -0.4 is 0 Å². The molecule has 0 aliphatic heterocycles. The van der Waals surface area contributed by atoms with E-state index in [0.29, 0.717) is 0 Å². The maximum absolute atomic E-state index is 11.5. The van der Waals surface area contributed by atoms with E-state index in [-0.39, 0.29) is 35.8 Å². The minimum Gasteiger partial charge on any atom is -0.461 e. The smallest absolute Gasteiger partial charge is 0.356 e. The molecule has 0 saturated heterocycles. The Morgan fingerprint density at radius 1 is 0.950 bits per heavy atom. The third kappa shape index (κ3) is 3.74. The lowest BCUT2D eigenvalue weighted by atomic mass is 10.0. The summed E-state index contributed by atoms with van der Waals surface area (Å²) < 4.78 is 9.47. The first-order valence-corrected chi connectivity index (χ1v) is 6.13. The Bertz CT molecular complexity index is 507. The first-order valence-electron chi connectivity index (χ1n) is 6.13. The van der Waals surface area contributed by atoms with Gasteiger partial charge in [-0.2, -0.15) is 0 Å². The second-order valence-corrected chi connectivity index (χ2v) is 3.77. The molecule has 0 heterocycles. The van der Waals surface area contributed by atoms with Gasteiger partial charge in [0.15, 0.2) is 0 Å². The first kappa shape index (κ1) is 15.6. The molecule has 0 aromatic heterocycles. The average molecular weight is 276 g/mol. The molecule has 0 spiro atoms. The summed E-state index contributed by atoms with van der Waals surface area (Å²) in [6, 6.07) is 6.06. The molecule has 0 bridgehead atoms. The van der Waals surface area contributed by atoms with Crippen LogP contribution in [-0.4, -0.2) is 36.6 Å². The highest BCUT2D eigenvalue weighted by Crippen LogP contribution is 2.09. The van der Waals surface area contributed by atoms with Crippen LogP contribution in [0.5, 0.6) is 0 Å². The summed E-state index contributed by atoms with van der Waals surface area (Å²) >= 11 is 0. The molecule has 20 heavy (non-hydrogen) atoms. The van der Waals surface area contributed by atoms with Crippen molar-refractivity contribution in [3.05, 3.63) is 35.4 Å². The van der Waals surface area contributed by atoms with E-state index < -0.39 is 11.9 Å². The maximum Gasteiger partial charge on any atom is 0.356 e. The third-order valence-corrected chi connectivity index (χ3v) is 2.40. The molecule has 1 rings (SSSR count). The van der Waals surface area contributed by atoms with Crippen LogP contribution in [0.3, 0.4) is 0 Å². The van der Waals surface area contributed by atoms with Crippen LogP contribution in [-0.2, 0) is 19.1 Å². The summed E-state index contributed by atoms with van der Waals surface area (Å²) in [4.78, 5) is 22.9. The van der Waals surface area contributed by atoms with Crippen LogP contribution in [0.4, 0.5) is 0 Å². The van der Waals surface area contributed by atoms with Gasteiger partial charge in [-0.05, 0) is 19.9 Å². The Morgan fingerprint density at radius 3 is 1.70 bits per heavy atom. The zero-order chi connectivity index (χ0) is 15.1. The molecule has 0 aliphatic carbocycles. The Labute approximate surface area is 116 Å². The van der Waals surface area contributed by atoms with Gasteiger partial charge in [0, 0.05) is 11.1 Å². The minimum absolute atomic E-state index is 0.180. The number of esters is 2. The number of carbonyl (C=O) groups excluding carboxylic acids is 2. The Balaban J connectivity index is 2.96. The Morgan fingerprint density at radius 2 is 1.35 bits per heavy atom. The second-order valence-electron chi connectivity index (χ2n) is 3.77. The highest BCUT2D eigenvalue weighted by atomic mass is 16.5. The van der Waals surface area contributed by atoms with E-state index in [1.807, 2.05) is 0 Å². The molecule has 1 aromatic rings. The van der Waals surface area contributed by atoms with Crippen LogP contribution in [0, 0.1) is 10.8 Å². The molecule has 1 aromatic carbocycles. The molecule has 2 N–H and O–H groups in total. The van der Waals surface area contributed by atoms with Gasteiger partial charge in [-0.3, -0.25) is 10.8 Å². The van der Waals surface area contributed by atoms with Gasteiger partial charge < -0.3 is 9.47 Å². The number of benzene rings is 1. The zero-order valence-electron chi connectivity index (χ0n) is 11.4. The summed E-state index contributed by atoms with van der Waals surface area (Å²) in [6.45, 7) is 3.66. The van der Waals surface area contributed by atoms with Crippen molar-refractivity contribution in [2.45, 2.75) is 13.8 Å². The van der Waals surface area contributed by atoms with E-state index in [1.54, 1.807) is 32.0 Å². The van der Waals surface area contributed by atoms with Crippen LogP contribution >= 0.6 is 0 Å². The third-order valence-electron chi connectivity index (χ3n) is 2.40. The van der Waals surface area contributed by atoms with E-state index in [0.717, 1.165) is 0 Å². The lowest BCUT2D eigenvalue weighted by Gasteiger charge is -2.07. The molecule has 0 aliphatic rings. The van der Waals surface area contributed by atoms with Crippen LogP contribution in [0.15, 0.2) is 24.3 Å². The predicted molar refractivity (Wildman–Crippen MR) is 73.4 cm³/mol. The molecule has 0 atom stereocenters. The summed E-state index contributed by atoms with van der Waals surface area (Å²) in [7, 11) is 0. The molecule has 0 saturated carbocycles. The van der Waals surface area contributed by atoms with E-state index in [1.165, 1.54) is 6.07 Å². The fourth-order valence-corrected chi connectivity index (χ4v) is 1.47. The normalized spacial score (nSPS) is 9.70. The highest BCUT2D eigenvalue weighted by Gasteiger charge is 2.17. The summed E-state index contributed by atoms with van der Waals surface area (Å²) in [5.74, 6) is -1.49. The van der Waals surface area contributed by atoms with E-state index in [9.17, 15) is 9.59 Å². The minimum atomic E-state index is -0.743. The lowest BCUT2D eigenvalue weighted by Crippen LogP contribution is -2.20. The van der Waals surface area contributed by atoms with Crippen molar-refractivity contribution < 1.29 is 19.1 Å². The van der Waals surface area contributed by atoms with E-state index in [2.05, 4.69) is 0 Å². The number of carbonyl (C=O) groups is 2. The van der Waals surface area contributed by atoms with Crippen LogP contribution in [0.25, 0.3) is 0 Å². The number of rotatable bonds is 6. The van der Waals surface area contributed by atoms with Crippen molar-refractivity contribution in [3.63, 3.8) is 0 Å². The Kier molecular flexibility index (Phi) is 5.58. The second kappa shape index (κ2) is 7.18. The van der Waals surface area contributed by atoms with Crippen molar-refractivity contribution in [2.75, 3.05) is 13.2 Å². The molecule has 0 radical (unpaired) electrons. The topological polar surface area (TPSA) is 100 Å².